The highest BCUT2D eigenvalue weighted by Gasteiger charge is 2.18. The van der Waals surface area contributed by atoms with Crippen molar-refractivity contribution in [1.82, 2.24) is 0 Å². The first-order chi connectivity index (χ1) is 9.56. The van der Waals surface area contributed by atoms with Crippen molar-refractivity contribution in [2.75, 3.05) is 5.32 Å². The van der Waals surface area contributed by atoms with Crippen LogP contribution in [-0.2, 0) is 4.79 Å². The Kier molecular flexibility index (Phi) is 5.17. The van der Waals surface area contributed by atoms with Gasteiger partial charge in [-0.25, -0.2) is 4.79 Å². The first kappa shape index (κ1) is 15.0. The summed E-state index contributed by atoms with van der Waals surface area (Å²) in [5.41, 5.74) is 0.470. The van der Waals surface area contributed by atoms with Crippen LogP contribution >= 0.6 is 15.9 Å². The van der Waals surface area contributed by atoms with Crippen LogP contribution in [0.2, 0.25) is 0 Å². The summed E-state index contributed by atoms with van der Waals surface area (Å²) in [4.78, 5) is 23.2. The highest BCUT2D eigenvalue weighted by molar-refractivity contribution is 9.10. The van der Waals surface area contributed by atoms with Crippen LogP contribution in [0.1, 0.15) is 48.9 Å². The second-order valence-electron chi connectivity index (χ2n) is 5.25. The van der Waals surface area contributed by atoms with E-state index in [1.54, 1.807) is 12.1 Å². The first-order valence-electron chi connectivity index (χ1n) is 6.89. The Balaban J connectivity index is 2.01. The summed E-state index contributed by atoms with van der Waals surface area (Å²) in [5, 5.41) is 11.9. The molecule has 0 atom stereocenters. The van der Waals surface area contributed by atoms with Crippen LogP contribution in [0.4, 0.5) is 5.69 Å². The summed E-state index contributed by atoms with van der Waals surface area (Å²) in [6.07, 6.45) is 6.31. The number of hydrogen-bond donors (Lipinski definition) is 2. The molecule has 1 fully saturated rings. The third kappa shape index (κ3) is 4.07. The number of carboxylic acids is 1. The van der Waals surface area contributed by atoms with Crippen LogP contribution in [0.5, 0.6) is 0 Å². The minimum Gasteiger partial charge on any atom is -0.478 e. The molecule has 2 rings (SSSR count). The molecule has 1 saturated carbocycles. The van der Waals surface area contributed by atoms with E-state index in [1.807, 2.05) is 0 Å². The average molecular weight is 340 g/mol. The predicted molar refractivity (Wildman–Crippen MR) is 80.9 cm³/mol. The summed E-state index contributed by atoms with van der Waals surface area (Å²) >= 11 is 3.23. The van der Waals surface area contributed by atoms with Gasteiger partial charge in [0.2, 0.25) is 5.91 Å². The Hall–Kier alpha value is -1.36. The summed E-state index contributed by atoms with van der Waals surface area (Å²) in [7, 11) is 0. The predicted octanol–water partition coefficient (Wildman–Crippen LogP) is 4.06. The fourth-order valence-corrected chi connectivity index (χ4v) is 3.02. The highest BCUT2D eigenvalue weighted by Crippen LogP contribution is 2.27. The van der Waals surface area contributed by atoms with Crippen molar-refractivity contribution in [3.63, 3.8) is 0 Å². The van der Waals surface area contributed by atoms with Gasteiger partial charge in [-0.2, -0.15) is 0 Å². The number of anilines is 1. The van der Waals surface area contributed by atoms with E-state index in [9.17, 15) is 9.59 Å². The van der Waals surface area contributed by atoms with Crippen molar-refractivity contribution >= 4 is 33.5 Å². The van der Waals surface area contributed by atoms with Gasteiger partial charge in [0.15, 0.2) is 0 Å². The Morgan fingerprint density at radius 3 is 2.60 bits per heavy atom. The van der Waals surface area contributed by atoms with E-state index in [1.165, 1.54) is 25.3 Å². The fourth-order valence-electron chi connectivity index (χ4n) is 2.66. The van der Waals surface area contributed by atoms with Crippen molar-refractivity contribution < 1.29 is 14.7 Å². The minimum atomic E-state index is -1.04. The summed E-state index contributed by atoms with van der Waals surface area (Å²) in [5.74, 6) is -0.700. The van der Waals surface area contributed by atoms with E-state index < -0.39 is 5.97 Å². The molecule has 5 heteroatoms. The zero-order valence-electron chi connectivity index (χ0n) is 11.2. The number of nitrogens with one attached hydrogen (secondary N) is 1. The third-order valence-electron chi connectivity index (χ3n) is 3.68. The zero-order valence-corrected chi connectivity index (χ0v) is 12.8. The van der Waals surface area contributed by atoms with E-state index in [-0.39, 0.29) is 11.5 Å². The number of amides is 1. The number of rotatable bonds is 4. The molecule has 0 aliphatic heterocycles. The molecule has 4 nitrogen and oxygen atoms in total. The SMILES string of the molecule is O=C(CC1CCCCC1)Nc1ccc(Br)cc1C(=O)O. The molecule has 0 spiro atoms. The first-order valence-corrected chi connectivity index (χ1v) is 7.68. The van der Waals surface area contributed by atoms with Gasteiger partial charge in [-0.3, -0.25) is 4.79 Å². The van der Waals surface area contributed by atoms with Gasteiger partial charge in [0.05, 0.1) is 11.3 Å². The van der Waals surface area contributed by atoms with Gasteiger partial charge in [-0.1, -0.05) is 35.2 Å². The number of benzene rings is 1. The summed E-state index contributed by atoms with van der Waals surface area (Å²) < 4.78 is 0.681. The summed E-state index contributed by atoms with van der Waals surface area (Å²) in [6.45, 7) is 0. The molecular formula is C15H18BrNO3. The lowest BCUT2D eigenvalue weighted by molar-refractivity contribution is -0.117. The van der Waals surface area contributed by atoms with Gasteiger partial charge in [-0.15, -0.1) is 0 Å². The normalized spacial score (nSPS) is 15.8. The maximum Gasteiger partial charge on any atom is 0.337 e. The molecule has 0 bridgehead atoms. The molecule has 0 saturated heterocycles. The second kappa shape index (κ2) is 6.88. The van der Waals surface area contributed by atoms with Crippen molar-refractivity contribution in [2.24, 2.45) is 5.92 Å². The topological polar surface area (TPSA) is 66.4 Å². The lowest BCUT2D eigenvalue weighted by Crippen LogP contribution is -2.19. The maximum absolute atomic E-state index is 12.0. The molecule has 0 unspecified atom stereocenters. The number of aromatic carboxylic acids is 1. The van der Waals surface area contributed by atoms with Gasteiger partial charge in [0.1, 0.15) is 0 Å². The second-order valence-corrected chi connectivity index (χ2v) is 6.17. The smallest absolute Gasteiger partial charge is 0.337 e. The molecule has 108 valence electrons. The zero-order chi connectivity index (χ0) is 14.5. The quantitative estimate of drug-likeness (QED) is 0.869. The molecule has 1 amide bonds. The Morgan fingerprint density at radius 2 is 1.95 bits per heavy atom. The molecule has 1 aliphatic rings. The lowest BCUT2D eigenvalue weighted by atomic mass is 9.87. The molecule has 0 aromatic heterocycles. The van der Waals surface area contributed by atoms with E-state index >= 15 is 0 Å². The van der Waals surface area contributed by atoms with Crippen LogP contribution in [0, 0.1) is 5.92 Å². The number of carbonyl (C=O) groups is 2. The third-order valence-corrected chi connectivity index (χ3v) is 4.18. The minimum absolute atomic E-state index is 0.0956. The largest absolute Gasteiger partial charge is 0.478 e. The van der Waals surface area contributed by atoms with Crippen LogP contribution in [-0.4, -0.2) is 17.0 Å². The molecule has 2 N–H and O–H groups in total. The molecule has 0 radical (unpaired) electrons. The molecule has 1 aromatic rings. The molecule has 20 heavy (non-hydrogen) atoms. The van der Waals surface area contributed by atoms with E-state index in [0.717, 1.165) is 12.8 Å². The van der Waals surface area contributed by atoms with Crippen LogP contribution in [0.25, 0.3) is 0 Å². The van der Waals surface area contributed by atoms with Crippen LogP contribution < -0.4 is 5.32 Å². The number of carbonyl (C=O) groups excluding carboxylic acids is 1. The van der Waals surface area contributed by atoms with E-state index in [4.69, 9.17) is 5.11 Å². The van der Waals surface area contributed by atoms with Crippen LogP contribution in [0.3, 0.4) is 0 Å². The summed E-state index contributed by atoms with van der Waals surface area (Å²) in [6, 6.07) is 4.84. The molecule has 1 aliphatic carbocycles. The van der Waals surface area contributed by atoms with E-state index in [2.05, 4.69) is 21.2 Å². The van der Waals surface area contributed by atoms with Crippen molar-refractivity contribution in [2.45, 2.75) is 38.5 Å². The lowest BCUT2D eigenvalue weighted by Gasteiger charge is -2.21. The van der Waals surface area contributed by atoms with Gasteiger partial charge in [-0.05, 0) is 37.0 Å². The average Bonchev–Trinajstić information content (AvgIpc) is 2.41. The molecular weight excluding hydrogens is 322 g/mol. The van der Waals surface area contributed by atoms with Gasteiger partial charge < -0.3 is 10.4 Å². The fraction of sp³-hybridized carbons (Fsp3) is 0.467. The monoisotopic (exact) mass is 339 g/mol. The van der Waals surface area contributed by atoms with Crippen molar-refractivity contribution in [3.05, 3.63) is 28.2 Å². The number of carboxylic acid groups (broad SMARTS) is 1. The molecule has 1 aromatic carbocycles. The Morgan fingerprint density at radius 1 is 1.25 bits per heavy atom. The van der Waals surface area contributed by atoms with Crippen LogP contribution in [0.15, 0.2) is 22.7 Å². The Bertz CT molecular complexity index is 510. The maximum atomic E-state index is 12.0. The van der Waals surface area contributed by atoms with Crippen molar-refractivity contribution in [3.8, 4) is 0 Å². The van der Waals surface area contributed by atoms with E-state index in [0.29, 0.717) is 22.5 Å². The standard InChI is InChI=1S/C15H18BrNO3/c16-11-6-7-13(12(9-11)15(19)20)17-14(18)8-10-4-2-1-3-5-10/h6-7,9-10H,1-5,8H2,(H,17,18)(H,19,20). The Labute approximate surface area is 126 Å². The highest BCUT2D eigenvalue weighted by atomic mass is 79.9. The molecule has 0 heterocycles. The number of hydrogen-bond acceptors (Lipinski definition) is 2. The van der Waals surface area contributed by atoms with Gasteiger partial charge in [0.25, 0.3) is 0 Å². The van der Waals surface area contributed by atoms with Gasteiger partial charge >= 0.3 is 5.97 Å². The van der Waals surface area contributed by atoms with Crippen molar-refractivity contribution in [1.29, 1.82) is 0 Å². The number of halogens is 1. The van der Waals surface area contributed by atoms with Gasteiger partial charge in [0, 0.05) is 10.9 Å².